The summed E-state index contributed by atoms with van der Waals surface area (Å²) in [4.78, 5) is 0. The van der Waals surface area contributed by atoms with E-state index in [0.717, 1.165) is 28.7 Å². The minimum atomic E-state index is -1.70. The second-order valence-electron chi connectivity index (χ2n) is 13.6. The zero-order valence-electron chi connectivity index (χ0n) is 22.2. The van der Waals surface area contributed by atoms with Gasteiger partial charge >= 0.3 is 0 Å². The van der Waals surface area contributed by atoms with Crippen LogP contribution < -0.4 is 10.4 Å². The number of hydrogen-bond acceptors (Lipinski definition) is 0. The molecule has 0 aromatic heterocycles. The lowest BCUT2D eigenvalue weighted by molar-refractivity contribution is -0.0399. The van der Waals surface area contributed by atoms with E-state index in [-0.39, 0.29) is 5.41 Å². The number of benzene rings is 4. The van der Waals surface area contributed by atoms with Gasteiger partial charge in [0.15, 0.2) is 0 Å². The Balaban J connectivity index is 1.24. The van der Waals surface area contributed by atoms with E-state index in [1.807, 2.05) is 0 Å². The van der Waals surface area contributed by atoms with Crippen molar-refractivity contribution < 1.29 is 0 Å². The summed E-state index contributed by atoms with van der Waals surface area (Å²) in [7, 11) is -1.70. The van der Waals surface area contributed by atoms with Crippen LogP contribution >= 0.6 is 11.6 Å². The Morgan fingerprint density at radius 2 is 1.18 bits per heavy atom. The summed E-state index contributed by atoms with van der Waals surface area (Å²) in [5, 5.41) is 4.08. The standard InChI is InChI=1S/C36H33ClSi/c1-38(2)34-6-4-3-5-30(34)31-11-8-24(19-35(31)38)23-7-10-28-29-12-9-27(37)20-33(29)36(32(28)18-23)25-14-21-13-22(16-25)17-26(36)15-21/h3-12,18-22,25-26H,13-17H2,1-2H3. The van der Waals surface area contributed by atoms with Gasteiger partial charge in [-0.05, 0) is 129 Å². The van der Waals surface area contributed by atoms with Crippen molar-refractivity contribution >= 4 is 30.0 Å². The summed E-state index contributed by atoms with van der Waals surface area (Å²) in [5.41, 5.74) is 11.9. The third-order valence-electron chi connectivity index (χ3n) is 11.5. The molecule has 0 radical (unpaired) electrons. The molecule has 4 aromatic carbocycles. The van der Waals surface area contributed by atoms with Crippen molar-refractivity contribution in [3.05, 3.63) is 95.0 Å². The number of fused-ring (bicyclic) bond motifs is 6. The zero-order valence-corrected chi connectivity index (χ0v) is 24.0. The van der Waals surface area contributed by atoms with Crippen molar-refractivity contribution in [3.8, 4) is 33.4 Å². The minimum absolute atomic E-state index is 0.153. The number of rotatable bonds is 1. The van der Waals surface area contributed by atoms with Gasteiger partial charge in [0.25, 0.3) is 0 Å². The maximum atomic E-state index is 6.71. The third-order valence-corrected chi connectivity index (χ3v) is 15.3. The van der Waals surface area contributed by atoms with Crippen molar-refractivity contribution in [3.63, 3.8) is 0 Å². The Bertz CT molecular complexity index is 1650. The van der Waals surface area contributed by atoms with Crippen LogP contribution in [0, 0.1) is 23.7 Å². The van der Waals surface area contributed by atoms with Gasteiger partial charge in [0, 0.05) is 10.4 Å². The summed E-state index contributed by atoms with van der Waals surface area (Å²) in [6, 6.07) is 30.7. The van der Waals surface area contributed by atoms with Crippen LogP contribution in [0.5, 0.6) is 0 Å². The van der Waals surface area contributed by atoms with E-state index < -0.39 is 8.07 Å². The average Bonchev–Trinajstić information content (AvgIpc) is 3.32. The molecular weight excluding hydrogens is 496 g/mol. The summed E-state index contributed by atoms with van der Waals surface area (Å²) in [6.07, 6.45) is 7.09. The van der Waals surface area contributed by atoms with E-state index in [2.05, 4.69) is 92.0 Å². The number of hydrogen-bond donors (Lipinski definition) is 0. The molecule has 4 fully saturated rings. The van der Waals surface area contributed by atoms with Crippen LogP contribution in [0.4, 0.5) is 0 Å². The van der Waals surface area contributed by atoms with Crippen LogP contribution in [0.2, 0.25) is 18.1 Å². The Hall–Kier alpha value is -2.61. The Labute approximate surface area is 232 Å². The minimum Gasteiger partial charge on any atom is -0.0843 e. The quantitative estimate of drug-likeness (QED) is 0.217. The summed E-state index contributed by atoms with van der Waals surface area (Å²) < 4.78 is 0. The maximum Gasteiger partial charge on any atom is 0.113 e. The van der Waals surface area contributed by atoms with Gasteiger partial charge < -0.3 is 0 Å². The molecular formula is C36H33ClSi. The molecule has 4 bridgehead atoms. The van der Waals surface area contributed by atoms with Gasteiger partial charge in [0.2, 0.25) is 0 Å². The van der Waals surface area contributed by atoms with E-state index in [1.54, 1.807) is 21.5 Å². The van der Waals surface area contributed by atoms with Gasteiger partial charge in [0.1, 0.15) is 8.07 Å². The molecule has 0 saturated heterocycles. The monoisotopic (exact) mass is 528 g/mol. The number of halogens is 1. The second-order valence-corrected chi connectivity index (χ2v) is 18.3. The smallest absolute Gasteiger partial charge is 0.0843 e. The lowest BCUT2D eigenvalue weighted by Crippen LogP contribution is -2.55. The third kappa shape index (κ3) is 2.63. The van der Waals surface area contributed by atoms with E-state index >= 15 is 0 Å². The molecule has 4 aromatic rings. The molecule has 38 heavy (non-hydrogen) atoms. The molecule has 1 aliphatic heterocycles. The van der Waals surface area contributed by atoms with Gasteiger partial charge in [-0.15, -0.1) is 0 Å². The Kier molecular flexibility index (Phi) is 4.28. The second kappa shape index (κ2) is 7.32. The predicted molar refractivity (Wildman–Crippen MR) is 162 cm³/mol. The van der Waals surface area contributed by atoms with Crippen LogP contribution in [0.3, 0.4) is 0 Å². The van der Waals surface area contributed by atoms with Crippen LogP contribution in [0.1, 0.15) is 43.2 Å². The normalized spacial score (nSPS) is 30.3. The first-order valence-corrected chi connectivity index (χ1v) is 18.0. The summed E-state index contributed by atoms with van der Waals surface area (Å²) in [6.45, 7) is 5.04. The molecule has 6 aliphatic rings. The van der Waals surface area contributed by atoms with Gasteiger partial charge in [-0.2, -0.15) is 0 Å². The van der Waals surface area contributed by atoms with E-state index in [9.17, 15) is 0 Å². The van der Waals surface area contributed by atoms with Crippen molar-refractivity contribution in [1.82, 2.24) is 0 Å². The highest BCUT2D eigenvalue weighted by Crippen LogP contribution is 2.69. The molecule has 1 spiro atoms. The Morgan fingerprint density at radius 1 is 0.605 bits per heavy atom. The molecule has 4 saturated carbocycles. The molecule has 5 aliphatic carbocycles. The van der Waals surface area contributed by atoms with Crippen LogP contribution in [-0.4, -0.2) is 8.07 Å². The molecule has 0 amide bonds. The maximum absolute atomic E-state index is 6.71. The zero-order chi connectivity index (χ0) is 25.4. The molecule has 0 unspecified atom stereocenters. The SMILES string of the molecule is C[Si]1(C)c2ccccc2-c2ccc(-c3ccc4c(c3)C3(c5cc(Cl)ccc5-4)C4CC5CC(C4)CC3C5)cc21. The molecule has 0 atom stereocenters. The van der Waals surface area contributed by atoms with Crippen molar-refractivity contribution in [2.45, 2.75) is 50.6 Å². The molecule has 1 heterocycles. The van der Waals surface area contributed by atoms with E-state index in [0.29, 0.717) is 0 Å². The first-order valence-electron chi connectivity index (χ1n) is 14.6. The highest BCUT2D eigenvalue weighted by molar-refractivity contribution is 7.03. The highest BCUT2D eigenvalue weighted by Gasteiger charge is 2.61. The van der Waals surface area contributed by atoms with Gasteiger partial charge in [-0.3, -0.25) is 0 Å². The van der Waals surface area contributed by atoms with Gasteiger partial charge in [-0.1, -0.05) is 85.4 Å². The van der Waals surface area contributed by atoms with Crippen LogP contribution in [-0.2, 0) is 5.41 Å². The summed E-state index contributed by atoms with van der Waals surface area (Å²) in [5.74, 6) is 3.41. The highest BCUT2D eigenvalue weighted by atomic mass is 35.5. The molecule has 2 heteroatoms. The van der Waals surface area contributed by atoms with E-state index in [4.69, 9.17) is 11.6 Å². The van der Waals surface area contributed by atoms with Crippen molar-refractivity contribution in [2.75, 3.05) is 0 Å². The molecule has 0 nitrogen and oxygen atoms in total. The topological polar surface area (TPSA) is 0 Å². The van der Waals surface area contributed by atoms with Crippen LogP contribution in [0.25, 0.3) is 33.4 Å². The fourth-order valence-corrected chi connectivity index (χ4v) is 13.5. The predicted octanol–water partition coefficient (Wildman–Crippen LogP) is 8.53. The van der Waals surface area contributed by atoms with Crippen LogP contribution in [0.15, 0.2) is 78.9 Å². The fourth-order valence-electron chi connectivity index (χ4n) is 10.2. The molecule has 188 valence electrons. The van der Waals surface area contributed by atoms with Crippen molar-refractivity contribution in [2.24, 2.45) is 23.7 Å². The fraction of sp³-hybridized carbons (Fsp3) is 0.333. The first kappa shape index (κ1) is 22.2. The van der Waals surface area contributed by atoms with Gasteiger partial charge in [-0.25, -0.2) is 0 Å². The lowest BCUT2D eigenvalue weighted by Gasteiger charge is -2.61. The molecule has 10 rings (SSSR count). The lowest BCUT2D eigenvalue weighted by atomic mass is 9.43. The van der Waals surface area contributed by atoms with Crippen molar-refractivity contribution in [1.29, 1.82) is 0 Å². The largest absolute Gasteiger partial charge is 0.113 e. The van der Waals surface area contributed by atoms with E-state index in [1.165, 1.54) is 65.5 Å². The Morgan fingerprint density at radius 3 is 1.92 bits per heavy atom. The average molecular weight is 529 g/mol. The summed E-state index contributed by atoms with van der Waals surface area (Å²) >= 11 is 6.71. The molecule has 0 N–H and O–H groups in total. The first-order chi connectivity index (χ1) is 18.4. The van der Waals surface area contributed by atoms with Gasteiger partial charge in [0.05, 0.1) is 0 Å².